The SMILES string of the molecule is CCCCCC.CCc1cccc(NC(=O)c2cc(Cl)cc(Cl)c2)c1. The second-order valence-electron chi connectivity index (χ2n) is 5.87. The Hall–Kier alpha value is -1.51. The lowest BCUT2D eigenvalue weighted by atomic mass is 10.1. The maximum absolute atomic E-state index is 12.1. The molecule has 0 unspecified atom stereocenters. The molecule has 4 heteroatoms. The van der Waals surface area contributed by atoms with Gasteiger partial charge in [0, 0.05) is 21.3 Å². The summed E-state index contributed by atoms with van der Waals surface area (Å²) >= 11 is 11.8. The maximum atomic E-state index is 12.1. The first-order chi connectivity index (χ1) is 12.0. The summed E-state index contributed by atoms with van der Waals surface area (Å²) in [6.45, 7) is 6.53. The van der Waals surface area contributed by atoms with E-state index in [1.165, 1.54) is 31.2 Å². The van der Waals surface area contributed by atoms with Crippen molar-refractivity contribution in [3.63, 3.8) is 0 Å². The van der Waals surface area contributed by atoms with E-state index in [1.54, 1.807) is 18.2 Å². The third-order valence-electron chi connectivity index (χ3n) is 3.67. The number of rotatable bonds is 6. The molecule has 1 amide bonds. The molecule has 25 heavy (non-hydrogen) atoms. The molecule has 0 radical (unpaired) electrons. The van der Waals surface area contributed by atoms with Crippen LogP contribution in [0.1, 0.15) is 62.4 Å². The third-order valence-corrected chi connectivity index (χ3v) is 4.11. The van der Waals surface area contributed by atoms with Crippen molar-refractivity contribution in [3.05, 3.63) is 63.6 Å². The van der Waals surface area contributed by atoms with Gasteiger partial charge in [-0.2, -0.15) is 0 Å². The third kappa shape index (κ3) is 8.42. The molecular formula is C21H27Cl2NO. The number of unbranched alkanes of at least 4 members (excludes halogenated alkanes) is 3. The number of amides is 1. The summed E-state index contributed by atoms with van der Waals surface area (Å²) in [4.78, 5) is 12.1. The van der Waals surface area contributed by atoms with Gasteiger partial charge >= 0.3 is 0 Å². The first-order valence-corrected chi connectivity index (χ1v) is 9.62. The Morgan fingerprint density at radius 2 is 1.52 bits per heavy atom. The normalized spacial score (nSPS) is 9.96. The zero-order valence-electron chi connectivity index (χ0n) is 15.2. The summed E-state index contributed by atoms with van der Waals surface area (Å²) in [7, 11) is 0. The quantitative estimate of drug-likeness (QED) is 0.520. The molecule has 0 fully saturated rings. The fraction of sp³-hybridized carbons (Fsp3) is 0.381. The highest BCUT2D eigenvalue weighted by Gasteiger charge is 2.08. The molecule has 0 atom stereocenters. The van der Waals surface area contributed by atoms with Crippen LogP contribution in [0.25, 0.3) is 0 Å². The Morgan fingerprint density at radius 3 is 2.04 bits per heavy atom. The van der Waals surface area contributed by atoms with Gasteiger partial charge < -0.3 is 5.32 Å². The van der Waals surface area contributed by atoms with E-state index in [9.17, 15) is 4.79 Å². The van der Waals surface area contributed by atoms with Crippen LogP contribution in [0.3, 0.4) is 0 Å². The number of hydrogen-bond acceptors (Lipinski definition) is 1. The Balaban J connectivity index is 0.000000450. The van der Waals surface area contributed by atoms with Crippen LogP contribution in [0.4, 0.5) is 5.69 Å². The predicted octanol–water partition coefficient (Wildman–Crippen LogP) is 7.39. The lowest BCUT2D eigenvalue weighted by molar-refractivity contribution is 0.102. The average molecular weight is 380 g/mol. The predicted molar refractivity (Wildman–Crippen MR) is 110 cm³/mol. The molecule has 2 nitrogen and oxygen atoms in total. The molecule has 0 aliphatic heterocycles. The molecule has 0 saturated heterocycles. The minimum atomic E-state index is -0.224. The molecule has 0 bridgehead atoms. The summed E-state index contributed by atoms with van der Waals surface area (Å²) in [6, 6.07) is 12.5. The van der Waals surface area contributed by atoms with Crippen LogP contribution < -0.4 is 5.32 Å². The van der Waals surface area contributed by atoms with Crippen molar-refractivity contribution in [2.45, 2.75) is 52.9 Å². The molecule has 2 aromatic rings. The molecule has 0 saturated carbocycles. The van der Waals surface area contributed by atoms with E-state index in [0.29, 0.717) is 15.6 Å². The molecule has 0 heterocycles. The van der Waals surface area contributed by atoms with Gasteiger partial charge in [-0.15, -0.1) is 0 Å². The van der Waals surface area contributed by atoms with E-state index in [2.05, 4.69) is 26.1 Å². The number of aryl methyl sites for hydroxylation is 1. The van der Waals surface area contributed by atoms with E-state index in [1.807, 2.05) is 24.3 Å². The van der Waals surface area contributed by atoms with Crippen LogP contribution in [0.5, 0.6) is 0 Å². The smallest absolute Gasteiger partial charge is 0.255 e. The Morgan fingerprint density at radius 1 is 0.920 bits per heavy atom. The molecule has 0 aliphatic carbocycles. The van der Waals surface area contributed by atoms with Gasteiger partial charge in [-0.05, 0) is 42.3 Å². The standard InChI is InChI=1S/C15H13Cl2NO.C6H14/c1-2-10-4-3-5-14(6-10)18-15(19)11-7-12(16)9-13(17)8-11;1-3-5-6-4-2/h3-9H,2H2,1H3,(H,18,19);3-6H2,1-2H3. The lowest BCUT2D eigenvalue weighted by Crippen LogP contribution is -2.12. The van der Waals surface area contributed by atoms with Crippen molar-refractivity contribution in [3.8, 4) is 0 Å². The molecule has 2 aromatic carbocycles. The Kier molecular flexibility index (Phi) is 10.3. The molecular weight excluding hydrogens is 353 g/mol. The van der Waals surface area contributed by atoms with E-state index in [4.69, 9.17) is 23.2 Å². The maximum Gasteiger partial charge on any atom is 0.255 e. The average Bonchev–Trinajstić information content (AvgIpc) is 2.59. The lowest BCUT2D eigenvalue weighted by Gasteiger charge is -2.07. The van der Waals surface area contributed by atoms with E-state index in [-0.39, 0.29) is 5.91 Å². The zero-order valence-corrected chi connectivity index (χ0v) is 16.8. The van der Waals surface area contributed by atoms with Crippen molar-refractivity contribution in [1.82, 2.24) is 0 Å². The number of carbonyl (C=O) groups is 1. The van der Waals surface area contributed by atoms with Crippen molar-refractivity contribution in [2.75, 3.05) is 5.32 Å². The number of halogens is 2. The van der Waals surface area contributed by atoms with Crippen LogP contribution in [0.15, 0.2) is 42.5 Å². The molecule has 0 spiro atoms. The van der Waals surface area contributed by atoms with Crippen LogP contribution in [-0.4, -0.2) is 5.91 Å². The summed E-state index contributed by atoms with van der Waals surface area (Å²) < 4.78 is 0. The van der Waals surface area contributed by atoms with Gasteiger partial charge in [0.1, 0.15) is 0 Å². The zero-order chi connectivity index (χ0) is 18.7. The molecule has 2 rings (SSSR count). The fourth-order valence-electron chi connectivity index (χ4n) is 2.26. The van der Waals surface area contributed by atoms with Crippen molar-refractivity contribution >= 4 is 34.8 Å². The molecule has 0 aliphatic rings. The van der Waals surface area contributed by atoms with E-state index in [0.717, 1.165) is 12.1 Å². The number of anilines is 1. The van der Waals surface area contributed by atoms with Crippen molar-refractivity contribution in [2.24, 2.45) is 0 Å². The first kappa shape index (κ1) is 21.5. The van der Waals surface area contributed by atoms with Gasteiger partial charge in [0.15, 0.2) is 0 Å². The Bertz CT molecular complexity index is 646. The van der Waals surface area contributed by atoms with Crippen LogP contribution in [-0.2, 0) is 6.42 Å². The van der Waals surface area contributed by atoms with Crippen LogP contribution in [0.2, 0.25) is 10.0 Å². The van der Waals surface area contributed by atoms with Gasteiger partial charge in [0.05, 0.1) is 0 Å². The van der Waals surface area contributed by atoms with Crippen molar-refractivity contribution in [1.29, 1.82) is 0 Å². The summed E-state index contributed by atoms with van der Waals surface area (Å²) in [6.07, 6.45) is 6.46. The minimum Gasteiger partial charge on any atom is -0.322 e. The highest BCUT2D eigenvalue weighted by atomic mass is 35.5. The molecule has 0 aromatic heterocycles. The summed E-state index contributed by atoms with van der Waals surface area (Å²) in [5, 5.41) is 3.72. The number of carbonyl (C=O) groups excluding carboxylic acids is 1. The monoisotopic (exact) mass is 379 g/mol. The largest absolute Gasteiger partial charge is 0.322 e. The van der Waals surface area contributed by atoms with Gasteiger partial charge in [-0.1, -0.05) is 81.8 Å². The van der Waals surface area contributed by atoms with E-state index >= 15 is 0 Å². The highest BCUT2D eigenvalue weighted by Crippen LogP contribution is 2.20. The molecule has 136 valence electrons. The van der Waals surface area contributed by atoms with Gasteiger partial charge in [-0.25, -0.2) is 0 Å². The second kappa shape index (κ2) is 11.9. The van der Waals surface area contributed by atoms with E-state index < -0.39 is 0 Å². The number of hydrogen-bond donors (Lipinski definition) is 1. The fourth-order valence-corrected chi connectivity index (χ4v) is 2.78. The van der Waals surface area contributed by atoms with Gasteiger partial charge in [0.2, 0.25) is 0 Å². The van der Waals surface area contributed by atoms with Gasteiger partial charge in [0.25, 0.3) is 5.91 Å². The topological polar surface area (TPSA) is 29.1 Å². The second-order valence-corrected chi connectivity index (χ2v) is 6.75. The van der Waals surface area contributed by atoms with Gasteiger partial charge in [-0.3, -0.25) is 4.79 Å². The number of nitrogens with one attached hydrogen (secondary N) is 1. The summed E-state index contributed by atoms with van der Waals surface area (Å²) in [5.41, 5.74) is 2.38. The molecule has 1 N–H and O–H groups in total. The minimum absolute atomic E-state index is 0.224. The van der Waals surface area contributed by atoms with Crippen molar-refractivity contribution < 1.29 is 4.79 Å². The summed E-state index contributed by atoms with van der Waals surface area (Å²) in [5.74, 6) is -0.224. The number of benzene rings is 2. The Labute approximate surface area is 161 Å². The highest BCUT2D eigenvalue weighted by molar-refractivity contribution is 6.35. The van der Waals surface area contributed by atoms with Crippen LogP contribution >= 0.6 is 23.2 Å². The van der Waals surface area contributed by atoms with Crippen LogP contribution in [0, 0.1) is 0 Å². The first-order valence-electron chi connectivity index (χ1n) is 8.86.